The zero-order valence-corrected chi connectivity index (χ0v) is 8.89. The Balaban J connectivity index is 4.37. The smallest absolute Gasteiger partial charge is 0.129 e. The maximum Gasteiger partial charge on any atom is 0.129 e. The molecule has 2 N–H and O–H groups in total. The van der Waals surface area contributed by atoms with Crippen LogP contribution in [0, 0.1) is 5.41 Å². The Bertz CT molecular complexity index is 156. The molecule has 0 saturated heterocycles. The van der Waals surface area contributed by atoms with E-state index in [4.69, 9.17) is 5.84 Å². The Labute approximate surface area is 75.6 Å². The predicted molar refractivity (Wildman–Crippen MR) is 54.0 cm³/mol. The van der Waals surface area contributed by atoms with Gasteiger partial charge in [-0.15, -0.1) is 0 Å². The number of rotatable bonds is 2. The highest BCUT2D eigenvalue weighted by Crippen LogP contribution is 2.17. The minimum Gasteiger partial charge on any atom is -0.361 e. The van der Waals surface area contributed by atoms with Crippen molar-refractivity contribution in [3.8, 4) is 0 Å². The third-order valence-corrected chi connectivity index (χ3v) is 1.71. The lowest BCUT2D eigenvalue weighted by molar-refractivity contribution is 0.423. The second kappa shape index (κ2) is 4.33. The van der Waals surface area contributed by atoms with Crippen LogP contribution < -0.4 is 5.84 Å². The molecule has 0 aromatic carbocycles. The van der Waals surface area contributed by atoms with Crippen molar-refractivity contribution in [2.24, 2.45) is 16.4 Å². The number of hydrazone groups is 1. The van der Waals surface area contributed by atoms with Gasteiger partial charge >= 0.3 is 0 Å². The molecule has 0 saturated carbocycles. The summed E-state index contributed by atoms with van der Waals surface area (Å²) in [6.07, 6.45) is 1.12. The summed E-state index contributed by atoms with van der Waals surface area (Å²) in [5.41, 5.74) is 0.0403. The van der Waals surface area contributed by atoms with Gasteiger partial charge in [0.15, 0.2) is 0 Å². The number of amidine groups is 1. The molecule has 0 aliphatic rings. The molecule has 3 nitrogen and oxygen atoms in total. The predicted octanol–water partition coefficient (Wildman–Crippen LogP) is 1.65. The lowest BCUT2D eigenvalue weighted by Gasteiger charge is -2.29. The molecule has 0 radical (unpaired) electrons. The van der Waals surface area contributed by atoms with E-state index < -0.39 is 0 Å². The van der Waals surface area contributed by atoms with Crippen molar-refractivity contribution < 1.29 is 0 Å². The van der Waals surface area contributed by atoms with Gasteiger partial charge < -0.3 is 10.7 Å². The molecule has 0 heterocycles. The van der Waals surface area contributed by atoms with E-state index in [-0.39, 0.29) is 5.41 Å². The Kier molecular flexibility index (Phi) is 4.07. The first-order valence-corrected chi connectivity index (χ1v) is 4.43. The van der Waals surface area contributed by atoms with Crippen LogP contribution in [0.2, 0.25) is 0 Å². The fourth-order valence-corrected chi connectivity index (χ4v) is 1.31. The highest BCUT2D eigenvalue weighted by atomic mass is 15.3. The second-order valence-corrected chi connectivity index (χ2v) is 4.12. The molecule has 0 aliphatic carbocycles. The summed E-state index contributed by atoms with van der Waals surface area (Å²) in [6.45, 7) is 9.50. The van der Waals surface area contributed by atoms with Crippen molar-refractivity contribution in [1.82, 2.24) is 4.90 Å². The van der Waals surface area contributed by atoms with Crippen LogP contribution in [0.1, 0.15) is 34.1 Å². The fourth-order valence-electron chi connectivity index (χ4n) is 1.31. The van der Waals surface area contributed by atoms with Crippen molar-refractivity contribution in [1.29, 1.82) is 0 Å². The van der Waals surface area contributed by atoms with Crippen LogP contribution in [0.5, 0.6) is 0 Å². The fraction of sp³-hybridized carbons (Fsp3) is 0.889. The molecule has 12 heavy (non-hydrogen) atoms. The summed E-state index contributed by atoms with van der Waals surface area (Å²) in [4.78, 5) is 2.11. The van der Waals surface area contributed by atoms with Crippen molar-refractivity contribution in [2.45, 2.75) is 34.1 Å². The van der Waals surface area contributed by atoms with Gasteiger partial charge in [-0.25, -0.2) is 0 Å². The van der Waals surface area contributed by atoms with Gasteiger partial charge in [-0.05, 0) is 6.42 Å². The number of nitrogens with two attached hydrogens (primary N) is 1. The summed E-state index contributed by atoms with van der Waals surface area (Å²) in [6, 6.07) is 0. The largest absolute Gasteiger partial charge is 0.361 e. The van der Waals surface area contributed by atoms with Gasteiger partial charge in [0, 0.05) is 19.0 Å². The molecule has 0 aromatic heterocycles. The van der Waals surface area contributed by atoms with Crippen LogP contribution in [0.4, 0.5) is 0 Å². The molecular weight excluding hydrogens is 150 g/mol. The van der Waals surface area contributed by atoms with E-state index in [1.807, 2.05) is 7.05 Å². The summed E-state index contributed by atoms with van der Waals surface area (Å²) >= 11 is 0. The van der Waals surface area contributed by atoms with Crippen molar-refractivity contribution in [2.75, 3.05) is 13.6 Å². The quantitative estimate of drug-likeness (QED) is 0.297. The molecule has 72 valence electrons. The highest BCUT2D eigenvalue weighted by Gasteiger charge is 2.21. The van der Waals surface area contributed by atoms with Gasteiger partial charge in [0.2, 0.25) is 0 Å². The van der Waals surface area contributed by atoms with Gasteiger partial charge in [0.25, 0.3) is 0 Å². The summed E-state index contributed by atoms with van der Waals surface area (Å²) in [7, 11) is 2.03. The third kappa shape index (κ3) is 3.11. The van der Waals surface area contributed by atoms with Crippen LogP contribution in [0.15, 0.2) is 5.10 Å². The van der Waals surface area contributed by atoms with E-state index in [9.17, 15) is 0 Å². The van der Waals surface area contributed by atoms with Crippen LogP contribution in [-0.4, -0.2) is 24.3 Å². The first kappa shape index (κ1) is 11.3. The monoisotopic (exact) mass is 171 g/mol. The standard InChI is InChI=1S/C9H21N3/c1-6-7-12(5)8(11-10)9(2,3)4/h6-7,10H2,1-5H3/b11-8-. The van der Waals surface area contributed by atoms with E-state index >= 15 is 0 Å². The Hall–Kier alpha value is -0.730. The average molecular weight is 171 g/mol. The summed E-state index contributed by atoms with van der Waals surface area (Å²) < 4.78 is 0. The number of hydrogen-bond donors (Lipinski definition) is 1. The average Bonchev–Trinajstić information content (AvgIpc) is 1.85. The lowest BCUT2D eigenvalue weighted by Crippen LogP contribution is -2.38. The highest BCUT2D eigenvalue weighted by molar-refractivity contribution is 5.86. The van der Waals surface area contributed by atoms with E-state index in [1.165, 1.54) is 0 Å². The molecule has 0 fully saturated rings. The third-order valence-electron chi connectivity index (χ3n) is 1.71. The van der Waals surface area contributed by atoms with Gasteiger partial charge in [-0.2, -0.15) is 5.10 Å². The van der Waals surface area contributed by atoms with Crippen molar-refractivity contribution >= 4 is 5.84 Å². The first-order chi connectivity index (χ1) is 5.43. The molecular formula is C9H21N3. The molecule has 0 spiro atoms. The lowest BCUT2D eigenvalue weighted by atomic mass is 9.94. The minimum absolute atomic E-state index is 0.0403. The summed E-state index contributed by atoms with van der Waals surface area (Å²) in [5.74, 6) is 6.30. The maximum atomic E-state index is 5.34. The molecule has 3 heteroatoms. The normalized spacial score (nSPS) is 13.2. The molecule has 0 atom stereocenters. The zero-order chi connectivity index (χ0) is 9.78. The SMILES string of the molecule is CCCN(C)/C(=N\N)C(C)(C)C. The van der Waals surface area contributed by atoms with Crippen LogP contribution >= 0.6 is 0 Å². The molecule has 0 bridgehead atoms. The van der Waals surface area contributed by atoms with E-state index in [2.05, 4.69) is 37.7 Å². The maximum absolute atomic E-state index is 5.34. The number of hydrogen-bond acceptors (Lipinski definition) is 2. The first-order valence-electron chi connectivity index (χ1n) is 4.43. The molecule has 0 rings (SSSR count). The zero-order valence-electron chi connectivity index (χ0n) is 8.89. The minimum atomic E-state index is 0.0403. The van der Waals surface area contributed by atoms with Gasteiger partial charge in [-0.3, -0.25) is 0 Å². The van der Waals surface area contributed by atoms with Gasteiger partial charge in [-0.1, -0.05) is 27.7 Å². The molecule has 0 aliphatic heterocycles. The van der Waals surface area contributed by atoms with E-state index in [0.29, 0.717) is 0 Å². The van der Waals surface area contributed by atoms with Gasteiger partial charge in [0.1, 0.15) is 5.84 Å². The Morgan fingerprint density at radius 1 is 1.42 bits per heavy atom. The van der Waals surface area contributed by atoms with Crippen LogP contribution in [-0.2, 0) is 0 Å². The van der Waals surface area contributed by atoms with Crippen LogP contribution in [0.25, 0.3) is 0 Å². The van der Waals surface area contributed by atoms with E-state index in [1.54, 1.807) is 0 Å². The van der Waals surface area contributed by atoms with Gasteiger partial charge in [0.05, 0.1) is 0 Å². The van der Waals surface area contributed by atoms with Crippen LogP contribution in [0.3, 0.4) is 0 Å². The Morgan fingerprint density at radius 2 is 1.92 bits per heavy atom. The molecule has 0 unspecified atom stereocenters. The molecule has 0 amide bonds. The van der Waals surface area contributed by atoms with Crippen molar-refractivity contribution in [3.63, 3.8) is 0 Å². The van der Waals surface area contributed by atoms with E-state index in [0.717, 1.165) is 18.8 Å². The Morgan fingerprint density at radius 3 is 2.17 bits per heavy atom. The second-order valence-electron chi connectivity index (χ2n) is 4.12. The topological polar surface area (TPSA) is 41.6 Å². The molecule has 0 aromatic rings. The summed E-state index contributed by atoms with van der Waals surface area (Å²) in [5, 5.41) is 3.82. The number of nitrogens with zero attached hydrogens (tertiary/aromatic N) is 2. The van der Waals surface area contributed by atoms with Crippen molar-refractivity contribution in [3.05, 3.63) is 0 Å².